The van der Waals surface area contributed by atoms with Crippen LogP contribution in [0.5, 0.6) is 0 Å². The number of aromatic nitrogens is 1. The molecule has 0 aliphatic carbocycles. The summed E-state index contributed by atoms with van der Waals surface area (Å²) in [5.41, 5.74) is 1.28. The number of rotatable bonds is 7. The highest BCUT2D eigenvalue weighted by Crippen LogP contribution is 2.24. The number of halogens is 1. The third-order valence-corrected chi connectivity index (χ3v) is 3.68. The molecule has 0 aliphatic heterocycles. The Morgan fingerprint density at radius 1 is 1.28 bits per heavy atom. The van der Waals surface area contributed by atoms with E-state index in [0.717, 1.165) is 37.1 Å². The van der Waals surface area contributed by atoms with E-state index in [0.29, 0.717) is 0 Å². The normalized spacial score (nSPS) is 11.2. The smallest absolute Gasteiger partial charge is 0.0492 e. The SMILES string of the molecule is COCCCNCCn1ccc2c(Br)cccc21. The van der Waals surface area contributed by atoms with E-state index in [1.54, 1.807) is 7.11 Å². The van der Waals surface area contributed by atoms with Crippen LogP contribution in [0.15, 0.2) is 34.9 Å². The van der Waals surface area contributed by atoms with Crippen LogP contribution in [-0.2, 0) is 11.3 Å². The van der Waals surface area contributed by atoms with E-state index in [2.05, 4.69) is 56.3 Å². The zero-order valence-electron chi connectivity index (χ0n) is 10.7. The van der Waals surface area contributed by atoms with E-state index in [9.17, 15) is 0 Å². The van der Waals surface area contributed by atoms with Gasteiger partial charge in [0.1, 0.15) is 0 Å². The van der Waals surface area contributed by atoms with E-state index >= 15 is 0 Å². The summed E-state index contributed by atoms with van der Waals surface area (Å²) in [5.74, 6) is 0. The van der Waals surface area contributed by atoms with Gasteiger partial charge in [0.25, 0.3) is 0 Å². The molecule has 1 aromatic carbocycles. The van der Waals surface area contributed by atoms with Crippen molar-refractivity contribution in [3.8, 4) is 0 Å². The number of benzene rings is 1. The lowest BCUT2D eigenvalue weighted by Gasteiger charge is -2.07. The second-order valence-corrected chi connectivity index (χ2v) is 5.13. The Kier molecular flexibility index (Phi) is 5.23. The molecule has 0 amide bonds. The van der Waals surface area contributed by atoms with Gasteiger partial charge in [-0.3, -0.25) is 0 Å². The first-order valence-corrected chi connectivity index (χ1v) is 7.05. The zero-order chi connectivity index (χ0) is 12.8. The molecule has 4 heteroatoms. The molecule has 0 saturated heterocycles. The Hall–Kier alpha value is -0.840. The number of nitrogens with zero attached hydrogens (tertiary/aromatic N) is 1. The average molecular weight is 311 g/mol. The number of methoxy groups -OCH3 is 1. The van der Waals surface area contributed by atoms with Crippen molar-refractivity contribution in [1.29, 1.82) is 0 Å². The molecule has 1 heterocycles. The highest BCUT2D eigenvalue weighted by atomic mass is 79.9. The van der Waals surface area contributed by atoms with E-state index in [4.69, 9.17) is 4.74 Å². The Labute approximate surface area is 116 Å². The third-order valence-electron chi connectivity index (χ3n) is 2.99. The van der Waals surface area contributed by atoms with Crippen LogP contribution in [0.4, 0.5) is 0 Å². The molecule has 0 fully saturated rings. The van der Waals surface area contributed by atoms with E-state index in [1.165, 1.54) is 10.9 Å². The minimum Gasteiger partial charge on any atom is -0.385 e. The number of ether oxygens (including phenoxy) is 1. The van der Waals surface area contributed by atoms with Crippen molar-refractivity contribution in [2.45, 2.75) is 13.0 Å². The molecule has 1 aromatic heterocycles. The molecule has 0 unspecified atom stereocenters. The first-order valence-electron chi connectivity index (χ1n) is 6.26. The predicted octanol–water partition coefficient (Wildman–Crippen LogP) is 3.03. The van der Waals surface area contributed by atoms with Gasteiger partial charge in [0.05, 0.1) is 0 Å². The molecule has 1 N–H and O–H groups in total. The van der Waals surface area contributed by atoms with Gasteiger partial charge in [-0.2, -0.15) is 0 Å². The number of hydrogen-bond donors (Lipinski definition) is 1. The molecule has 0 saturated carbocycles. The van der Waals surface area contributed by atoms with Crippen molar-refractivity contribution in [2.24, 2.45) is 0 Å². The maximum Gasteiger partial charge on any atom is 0.0492 e. The standard InChI is InChI=1S/C14H19BrN2O/c1-18-11-3-7-16-8-10-17-9-6-12-13(15)4-2-5-14(12)17/h2,4-6,9,16H,3,7-8,10-11H2,1H3. The Bertz CT molecular complexity index is 495. The first-order chi connectivity index (χ1) is 8.83. The number of hydrogen-bond acceptors (Lipinski definition) is 2. The molecular formula is C14H19BrN2O. The first kappa shape index (κ1) is 13.6. The van der Waals surface area contributed by atoms with Crippen LogP contribution in [0.1, 0.15) is 6.42 Å². The fourth-order valence-corrected chi connectivity index (χ4v) is 2.53. The Morgan fingerprint density at radius 3 is 3.00 bits per heavy atom. The van der Waals surface area contributed by atoms with Gasteiger partial charge in [-0.1, -0.05) is 22.0 Å². The van der Waals surface area contributed by atoms with Crippen LogP contribution >= 0.6 is 15.9 Å². The van der Waals surface area contributed by atoms with Crippen LogP contribution in [0.25, 0.3) is 10.9 Å². The molecule has 0 bridgehead atoms. The molecule has 0 spiro atoms. The summed E-state index contributed by atoms with van der Waals surface area (Å²) in [6, 6.07) is 8.47. The molecule has 0 radical (unpaired) electrons. The van der Waals surface area contributed by atoms with Crippen molar-refractivity contribution in [3.05, 3.63) is 34.9 Å². The average Bonchev–Trinajstić information content (AvgIpc) is 2.79. The van der Waals surface area contributed by atoms with Crippen molar-refractivity contribution >= 4 is 26.8 Å². The fraction of sp³-hybridized carbons (Fsp3) is 0.429. The maximum atomic E-state index is 5.01. The largest absolute Gasteiger partial charge is 0.385 e. The van der Waals surface area contributed by atoms with Crippen molar-refractivity contribution in [2.75, 3.05) is 26.8 Å². The minimum absolute atomic E-state index is 0.826. The van der Waals surface area contributed by atoms with Gasteiger partial charge in [0.2, 0.25) is 0 Å². The van der Waals surface area contributed by atoms with Crippen LogP contribution in [-0.4, -0.2) is 31.4 Å². The quantitative estimate of drug-likeness (QED) is 0.796. The van der Waals surface area contributed by atoms with Crippen molar-refractivity contribution < 1.29 is 4.74 Å². The minimum atomic E-state index is 0.826. The van der Waals surface area contributed by atoms with Gasteiger partial charge < -0.3 is 14.6 Å². The molecular weight excluding hydrogens is 292 g/mol. The monoisotopic (exact) mass is 310 g/mol. The molecule has 0 aliphatic rings. The summed E-state index contributed by atoms with van der Waals surface area (Å²) < 4.78 is 8.45. The Morgan fingerprint density at radius 2 is 2.17 bits per heavy atom. The summed E-state index contributed by atoms with van der Waals surface area (Å²) in [5, 5.41) is 4.70. The lowest BCUT2D eigenvalue weighted by molar-refractivity contribution is 0.194. The second-order valence-electron chi connectivity index (χ2n) is 4.28. The summed E-state index contributed by atoms with van der Waals surface area (Å²) >= 11 is 3.58. The van der Waals surface area contributed by atoms with Crippen molar-refractivity contribution in [3.63, 3.8) is 0 Å². The highest BCUT2D eigenvalue weighted by molar-refractivity contribution is 9.10. The van der Waals surface area contributed by atoms with E-state index < -0.39 is 0 Å². The van der Waals surface area contributed by atoms with Crippen LogP contribution in [0, 0.1) is 0 Å². The fourth-order valence-electron chi connectivity index (χ4n) is 2.05. The van der Waals surface area contributed by atoms with Crippen LogP contribution in [0.3, 0.4) is 0 Å². The molecule has 18 heavy (non-hydrogen) atoms. The molecule has 2 rings (SSSR count). The number of nitrogens with one attached hydrogen (secondary N) is 1. The Balaban J connectivity index is 1.86. The van der Waals surface area contributed by atoms with E-state index in [1.807, 2.05) is 0 Å². The molecule has 3 nitrogen and oxygen atoms in total. The maximum absolute atomic E-state index is 5.01. The highest BCUT2D eigenvalue weighted by Gasteiger charge is 2.02. The van der Waals surface area contributed by atoms with E-state index in [-0.39, 0.29) is 0 Å². The topological polar surface area (TPSA) is 26.2 Å². The zero-order valence-corrected chi connectivity index (χ0v) is 12.2. The van der Waals surface area contributed by atoms with Crippen LogP contribution in [0.2, 0.25) is 0 Å². The lowest BCUT2D eigenvalue weighted by Crippen LogP contribution is -2.21. The molecule has 0 atom stereocenters. The summed E-state index contributed by atoms with van der Waals surface area (Å²) in [4.78, 5) is 0. The third kappa shape index (κ3) is 3.34. The van der Waals surface area contributed by atoms with Crippen molar-refractivity contribution in [1.82, 2.24) is 9.88 Å². The number of fused-ring (bicyclic) bond motifs is 1. The van der Waals surface area contributed by atoms with Gasteiger partial charge in [0.15, 0.2) is 0 Å². The van der Waals surface area contributed by atoms with Gasteiger partial charge in [-0.25, -0.2) is 0 Å². The van der Waals surface area contributed by atoms with Gasteiger partial charge >= 0.3 is 0 Å². The van der Waals surface area contributed by atoms with Gasteiger partial charge in [-0.05, 0) is 31.2 Å². The predicted molar refractivity (Wildman–Crippen MR) is 79.0 cm³/mol. The van der Waals surface area contributed by atoms with Gasteiger partial charge in [0, 0.05) is 48.4 Å². The second kappa shape index (κ2) is 6.92. The van der Waals surface area contributed by atoms with Crippen LogP contribution < -0.4 is 5.32 Å². The molecule has 98 valence electrons. The van der Waals surface area contributed by atoms with Gasteiger partial charge in [-0.15, -0.1) is 0 Å². The lowest BCUT2D eigenvalue weighted by atomic mass is 10.2. The molecule has 2 aromatic rings. The summed E-state index contributed by atoms with van der Waals surface area (Å²) in [6.45, 7) is 3.82. The summed E-state index contributed by atoms with van der Waals surface area (Å²) in [7, 11) is 1.74. The summed E-state index contributed by atoms with van der Waals surface area (Å²) in [6.07, 6.45) is 3.21.